The van der Waals surface area contributed by atoms with Crippen LogP contribution in [0.3, 0.4) is 0 Å². The Kier molecular flexibility index (Phi) is 10.7. The Morgan fingerprint density at radius 2 is 1.50 bits per heavy atom. The van der Waals surface area contributed by atoms with Gasteiger partial charge in [-0.2, -0.15) is 0 Å². The van der Waals surface area contributed by atoms with Gasteiger partial charge in [0, 0.05) is 86.0 Å². The standard InChI is InChI=1S/C34H42Br2N6O4/c1-38-17-19-39(20-18-38)26-9-13-40(14-10-26)32(43)31(22-24-7-8-28(35)29(36)21-24)46-34(45)41-15-11-27(12-16-41)42-23-30(37-33(42)44)25-5-3-2-4-6-25/h2-8,21,23,26-27,31H,9-20,22H2,1H3,(H,37,44)/t31-/m1/s1. The Bertz CT molecular complexity index is 1560. The van der Waals surface area contributed by atoms with Crippen LogP contribution in [0.2, 0.25) is 0 Å². The molecule has 10 nitrogen and oxygen atoms in total. The number of aromatic nitrogens is 2. The van der Waals surface area contributed by atoms with E-state index in [4.69, 9.17) is 4.74 Å². The maximum atomic E-state index is 13.9. The summed E-state index contributed by atoms with van der Waals surface area (Å²) in [5.41, 5.74) is 2.49. The van der Waals surface area contributed by atoms with Gasteiger partial charge in [-0.1, -0.05) is 36.4 Å². The van der Waals surface area contributed by atoms with E-state index in [9.17, 15) is 14.4 Å². The minimum atomic E-state index is -0.917. The number of halogens is 2. The number of nitrogens with zero attached hydrogens (tertiary/aromatic N) is 5. The molecule has 2 amide bonds. The van der Waals surface area contributed by atoms with Gasteiger partial charge in [-0.3, -0.25) is 14.3 Å². The van der Waals surface area contributed by atoms with E-state index in [1.54, 1.807) is 9.47 Å². The maximum Gasteiger partial charge on any atom is 0.410 e. The van der Waals surface area contributed by atoms with E-state index < -0.39 is 12.2 Å². The molecule has 1 atom stereocenters. The summed E-state index contributed by atoms with van der Waals surface area (Å²) in [6.07, 6.45) is 3.88. The van der Waals surface area contributed by atoms with E-state index in [0.29, 0.717) is 51.5 Å². The van der Waals surface area contributed by atoms with Crippen LogP contribution in [0.1, 0.15) is 37.3 Å². The largest absolute Gasteiger partial charge is 0.436 e. The Hall–Kier alpha value is -2.93. The Morgan fingerprint density at radius 1 is 0.848 bits per heavy atom. The molecule has 3 fully saturated rings. The third-order valence-electron chi connectivity index (χ3n) is 9.70. The van der Waals surface area contributed by atoms with Gasteiger partial charge in [-0.15, -0.1) is 0 Å². The fourth-order valence-corrected chi connectivity index (χ4v) is 7.54. The molecule has 0 radical (unpaired) electrons. The first-order valence-electron chi connectivity index (χ1n) is 16.2. The molecule has 0 unspecified atom stereocenters. The Morgan fingerprint density at radius 3 is 2.17 bits per heavy atom. The molecule has 3 aliphatic rings. The zero-order chi connectivity index (χ0) is 32.2. The van der Waals surface area contributed by atoms with Crippen LogP contribution in [0, 0.1) is 0 Å². The van der Waals surface area contributed by atoms with Crippen molar-refractivity contribution in [1.29, 1.82) is 0 Å². The van der Waals surface area contributed by atoms with Crippen LogP contribution >= 0.6 is 31.9 Å². The van der Waals surface area contributed by atoms with Gasteiger partial charge in [0.25, 0.3) is 5.91 Å². The van der Waals surface area contributed by atoms with Gasteiger partial charge in [0.1, 0.15) is 0 Å². The fourth-order valence-electron chi connectivity index (χ4n) is 6.87. The van der Waals surface area contributed by atoms with Gasteiger partial charge < -0.3 is 24.4 Å². The van der Waals surface area contributed by atoms with Crippen molar-refractivity contribution in [3.63, 3.8) is 0 Å². The lowest BCUT2D eigenvalue weighted by Gasteiger charge is -2.42. The quantitative estimate of drug-likeness (QED) is 0.365. The number of hydrogen-bond donors (Lipinski definition) is 1. The van der Waals surface area contributed by atoms with Crippen LogP contribution in [0.25, 0.3) is 11.3 Å². The van der Waals surface area contributed by atoms with Crippen molar-refractivity contribution in [2.45, 2.75) is 50.3 Å². The molecule has 12 heteroatoms. The molecule has 246 valence electrons. The summed E-state index contributed by atoms with van der Waals surface area (Å²) in [6.45, 7) is 6.51. The second-order valence-corrected chi connectivity index (χ2v) is 14.4. The normalized spacial score (nSPS) is 19.7. The van der Waals surface area contributed by atoms with Crippen molar-refractivity contribution in [2.75, 3.05) is 59.4 Å². The van der Waals surface area contributed by atoms with Crippen LogP contribution in [0.5, 0.6) is 0 Å². The number of piperazine rings is 1. The number of H-pyrrole nitrogens is 1. The molecule has 3 saturated heterocycles. The highest BCUT2D eigenvalue weighted by Gasteiger charge is 2.35. The monoisotopic (exact) mass is 756 g/mol. The van der Waals surface area contributed by atoms with E-state index in [1.807, 2.05) is 59.6 Å². The first-order chi connectivity index (χ1) is 22.2. The van der Waals surface area contributed by atoms with E-state index in [2.05, 4.69) is 53.7 Å². The summed E-state index contributed by atoms with van der Waals surface area (Å²) in [5, 5.41) is 0. The smallest absolute Gasteiger partial charge is 0.410 e. The second-order valence-electron chi connectivity index (χ2n) is 12.7. The Balaban J connectivity index is 1.09. The maximum absolute atomic E-state index is 13.9. The summed E-state index contributed by atoms with van der Waals surface area (Å²) in [7, 11) is 2.16. The highest BCUT2D eigenvalue weighted by molar-refractivity contribution is 9.13. The number of ether oxygens (including phenoxy) is 1. The number of amides is 2. The Labute approximate surface area is 286 Å². The van der Waals surface area contributed by atoms with E-state index in [1.165, 1.54) is 0 Å². The molecule has 3 aromatic rings. The molecule has 0 saturated carbocycles. The van der Waals surface area contributed by atoms with Gasteiger partial charge >= 0.3 is 11.8 Å². The number of rotatable bonds is 7. The summed E-state index contributed by atoms with van der Waals surface area (Å²) >= 11 is 7.08. The van der Waals surface area contributed by atoms with Crippen LogP contribution in [-0.2, 0) is 16.0 Å². The van der Waals surface area contributed by atoms with Crippen molar-refractivity contribution in [3.05, 3.63) is 79.7 Å². The lowest BCUT2D eigenvalue weighted by atomic mass is 10.0. The summed E-state index contributed by atoms with van der Waals surface area (Å²) in [4.78, 5) is 51.7. The number of piperidine rings is 2. The molecule has 1 aromatic heterocycles. The summed E-state index contributed by atoms with van der Waals surface area (Å²) in [6, 6.07) is 16.1. The number of carbonyl (C=O) groups excluding carboxylic acids is 2. The molecule has 2 aromatic carbocycles. The zero-order valence-corrected chi connectivity index (χ0v) is 29.4. The van der Waals surface area contributed by atoms with Crippen LogP contribution < -0.4 is 5.69 Å². The van der Waals surface area contributed by atoms with Gasteiger partial charge in [0.05, 0.1) is 5.69 Å². The topological polar surface area (TPSA) is 94.1 Å². The third-order valence-corrected chi connectivity index (χ3v) is 11.6. The van der Waals surface area contributed by atoms with E-state index >= 15 is 0 Å². The van der Waals surface area contributed by atoms with Crippen molar-refractivity contribution in [2.24, 2.45) is 0 Å². The number of likely N-dealkylation sites (tertiary alicyclic amines) is 2. The molecule has 4 heterocycles. The number of imidazole rings is 1. The first-order valence-corrected chi connectivity index (χ1v) is 17.8. The minimum absolute atomic E-state index is 0.0237. The van der Waals surface area contributed by atoms with Crippen LogP contribution in [0.4, 0.5) is 4.79 Å². The average molecular weight is 759 g/mol. The molecular formula is C34H42Br2N6O4. The van der Waals surface area contributed by atoms with Gasteiger partial charge in [0.15, 0.2) is 6.10 Å². The van der Waals surface area contributed by atoms with Crippen molar-refractivity contribution in [3.8, 4) is 11.3 Å². The number of hydrogen-bond acceptors (Lipinski definition) is 6. The van der Waals surface area contributed by atoms with Crippen LogP contribution in [0.15, 0.2) is 68.5 Å². The molecular weight excluding hydrogens is 716 g/mol. The lowest BCUT2D eigenvalue weighted by molar-refractivity contribution is -0.142. The minimum Gasteiger partial charge on any atom is -0.436 e. The molecule has 1 N–H and O–H groups in total. The number of carbonyl (C=O) groups is 2. The molecule has 0 aliphatic carbocycles. The molecule has 0 spiro atoms. The number of nitrogens with one attached hydrogen (secondary N) is 1. The number of likely N-dealkylation sites (N-methyl/N-ethyl adjacent to an activating group) is 1. The highest BCUT2D eigenvalue weighted by atomic mass is 79.9. The first kappa shape index (κ1) is 33.0. The lowest BCUT2D eigenvalue weighted by Crippen LogP contribution is -2.54. The zero-order valence-electron chi connectivity index (χ0n) is 26.2. The molecule has 6 rings (SSSR count). The number of aromatic amines is 1. The predicted octanol–water partition coefficient (Wildman–Crippen LogP) is 4.99. The second kappa shape index (κ2) is 14.9. The molecule has 0 bridgehead atoms. The fraction of sp³-hybridized carbons (Fsp3) is 0.500. The highest BCUT2D eigenvalue weighted by Crippen LogP contribution is 2.27. The SMILES string of the molecule is CN1CCN(C2CCN(C(=O)[C@@H](Cc3ccc(Br)c(Br)c3)OC(=O)N3CCC(n4cc(-c5ccccc5)[nH]c4=O)CC3)CC2)CC1. The van der Waals surface area contributed by atoms with Gasteiger partial charge in [0.2, 0.25) is 0 Å². The molecule has 46 heavy (non-hydrogen) atoms. The molecule has 3 aliphatic heterocycles. The van der Waals surface area contributed by atoms with E-state index in [0.717, 1.165) is 64.8 Å². The van der Waals surface area contributed by atoms with Crippen molar-refractivity contribution < 1.29 is 14.3 Å². The predicted molar refractivity (Wildman–Crippen MR) is 185 cm³/mol. The van der Waals surface area contributed by atoms with Crippen molar-refractivity contribution >= 4 is 43.9 Å². The summed E-state index contributed by atoms with van der Waals surface area (Å²) < 4.78 is 9.58. The van der Waals surface area contributed by atoms with Crippen molar-refractivity contribution in [1.82, 2.24) is 29.2 Å². The van der Waals surface area contributed by atoms with E-state index in [-0.39, 0.29) is 17.6 Å². The number of benzene rings is 2. The van der Waals surface area contributed by atoms with Gasteiger partial charge in [-0.25, -0.2) is 9.59 Å². The van der Waals surface area contributed by atoms with Crippen LogP contribution in [-0.4, -0.2) is 113 Å². The summed E-state index contributed by atoms with van der Waals surface area (Å²) in [5.74, 6) is -0.133. The average Bonchev–Trinajstić information content (AvgIpc) is 3.48. The third kappa shape index (κ3) is 7.78. The van der Waals surface area contributed by atoms with Gasteiger partial charge in [-0.05, 0) is 87.9 Å².